The molecule has 0 unspecified atom stereocenters. The highest BCUT2D eigenvalue weighted by atomic mass is 35.5. The highest BCUT2D eigenvalue weighted by Gasteiger charge is 2.60. The van der Waals surface area contributed by atoms with Crippen LogP contribution < -0.4 is 15.2 Å². The number of hydrogen-bond acceptors (Lipinski definition) is 13. The van der Waals surface area contributed by atoms with Crippen LogP contribution in [0.3, 0.4) is 0 Å². The number of hydrogen-bond donors (Lipinski definition) is 1. The average Bonchev–Trinajstić information content (AvgIpc) is 1.63. The zero-order valence-corrected chi connectivity index (χ0v) is 51.3. The number of nitrogens with two attached hydrogens (primary N) is 1. The molecule has 448 valence electrons. The molecule has 4 amide bonds. The Kier molecular flexibility index (Phi) is 18.9. The maximum Gasteiger partial charge on any atom is 0.326 e. The van der Waals surface area contributed by atoms with Crippen LogP contribution in [0.5, 0.6) is 11.5 Å². The van der Waals surface area contributed by atoms with Crippen molar-refractivity contribution < 1.29 is 37.7 Å². The first kappa shape index (κ1) is 61.9. The summed E-state index contributed by atoms with van der Waals surface area (Å²) in [6.45, 7) is 19.2. The number of aromatic nitrogens is 3. The molecule has 3 aliphatic rings. The summed E-state index contributed by atoms with van der Waals surface area (Å²) in [5, 5.41) is 16.5. The minimum Gasteiger partial charge on any atom is -0.493 e. The lowest BCUT2D eigenvalue weighted by molar-refractivity contribution is -0.131. The van der Waals surface area contributed by atoms with E-state index in [9.17, 15) is 19.2 Å². The molecule has 0 aliphatic carbocycles. The molecule has 3 aliphatic heterocycles. The Hall–Kier alpha value is -7.60. The molecule has 18 nitrogen and oxygen atoms in total. The Labute approximate surface area is 506 Å². The van der Waals surface area contributed by atoms with Gasteiger partial charge in [0.1, 0.15) is 46.3 Å². The van der Waals surface area contributed by atoms with Gasteiger partial charge in [0, 0.05) is 91.9 Å². The summed E-state index contributed by atoms with van der Waals surface area (Å²) in [5.74, 6) is 0.363. The highest BCUT2D eigenvalue weighted by molar-refractivity contribution is 6.30. The fourth-order valence-corrected chi connectivity index (χ4v) is 11.5. The summed E-state index contributed by atoms with van der Waals surface area (Å²) in [7, 11) is 3.28. The van der Waals surface area contributed by atoms with Gasteiger partial charge in [-0.2, -0.15) is 10.4 Å². The minimum atomic E-state index is -1.05. The van der Waals surface area contributed by atoms with Crippen LogP contribution in [0.1, 0.15) is 111 Å². The van der Waals surface area contributed by atoms with Gasteiger partial charge in [0.25, 0.3) is 5.91 Å². The van der Waals surface area contributed by atoms with E-state index >= 15 is 4.79 Å². The zero-order valence-electron chi connectivity index (χ0n) is 49.8. The summed E-state index contributed by atoms with van der Waals surface area (Å²) in [4.78, 5) is 61.7. The van der Waals surface area contributed by atoms with Crippen molar-refractivity contribution >= 4 is 52.7 Å². The van der Waals surface area contributed by atoms with Crippen LogP contribution in [-0.2, 0) is 43.9 Å². The lowest BCUT2D eigenvalue weighted by Gasteiger charge is -2.47. The number of amidine groups is 1. The van der Waals surface area contributed by atoms with Crippen molar-refractivity contribution in [2.24, 2.45) is 4.99 Å². The van der Waals surface area contributed by atoms with Crippen LogP contribution >= 0.6 is 23.2 Å². The van der Waals surface area contributed by atoms with Gasteiger partial charge in [-0.3, -0.25) is 29.1 Å². The Morgan fingerprint density at radius 3 is 2.21 bits per heavy atom. The molecule has 9 rings (SSSR count). The first-order valence-corrected chi connectivity index (χ1v) is 29.4. The number of piperazine rings is 1. The third kappa shape index (κ3) is 13.0. The second-order valence-electron chi connectivity index (χ2n) is 23.0. The quantitative estimate of drug-likeness (QED) is 0.0850. The van der Waals surface area contributed by atoms with Crippen LogP contribution in [0.4, 0.5) is 15.0 Å². The molecule has 21 heteroatoms. The molecule has 2 bridgehead atoms. The van der Waals surface area contributed by atoms with Crippen molar-refractivity contribution in [3.8, 4) is 28.7 Å². The van der Waals surface area contributed by atoms with Gasteiger partial charge in [0.05, 0.1) is 63.8 Å². The number of aliphatic imine (C=N–C) groups is 1. The number of benzene rings is 4. The molecule has 2 aromatic heterocycles. The lowest BCUT2D eigenvalue weighted by atomic mass is 9.71. The van der Waals surface area contributed by atoms with Crippen molar-refractivity contribution in [3.05, 3.63) is 158 Å². The number of ether oxygens (including phenoxy) is 4. The molecule has 3 atom stereocenters. The zero-order chi connectivity index (χ0) is 61.0. The van der Waals surface area contributed by atoms with Gasteiger partial charge in [0.2, 0.25) is 5.91 Å². The second kappa shape index (κ2) is 25.9. The maximum atomic E-state index is 15.5. The topological polar surface area (TPSA) is 197 Å². The number of carbonyl (C=O) groups is 3. The predicted octanol–water partition coefficient (Wildman–Crippen LogP) is 10.5. The smallest absolute Gasteiger partial charge is 0.326 e. The summed E-state index contributed by atoms with van der Waals surface area (Å²) < 4.78 is 40.4. The Morgan fingerprint density at radius 2 is 1.55 bits per heavy atom. The summed E-state index contributed by atoms with van der Waals surface area (Å²) in [6, 6.07) is 29.2. The Bertz CT molecular complexity index is 3510. The number of nitrogens with zero attached hydrogens (tertiary/aromatic N) is 10. The third-order valence-corrected chi connectivity index (χ3v) is 17.0. The standard InChI is InChI=1S/C64H74Cl2FN11O7/c1-10-84-54-36-45(62(3,4)5)15-21-50(54)59-71-63(6,43-11-16-46(65)17-12-43)64(7,44-13-18-47(66)19-14-44)78(59)61(81)76-27-25-75(26-28-76)30-32-83-34-33-82-31-23-56(79)73(8)24-29-77-53(38-68)57-42-35-55(58(69)70-39-42)85-41(2)51-37-48(67)20-22-49(51)60(80)74(9)40-52(57)72-77/h11-22,35-37,39,41H,10,23-34,40H2,1-9H3,(H2,69,70)/t41-,63-,64+/m1/s1. The number of urea groups is 1. The molecule has 5 heterocycles. The molecule has 0 spiro atoms. The maximum absolute atomic E-state index is 15.5. The number of fused-ring (bicyclic) bond motifs is 5. The number of anilines is 1. The van der Waals surface area contributed by atoms with E-state index < -0.39 is 28.9 Å². The van der Waals surface area contributed by atoms with Gasteiger partial charge in [-0.05, 0) is 110 Å². The molecule has 0 saturated carbocycles. The van der Waals surface area contributed by atoms with E-state index in [0.29, 0.717) is 103 Å². The van der Waals surface area contributed by atoms with Crippen molar-refractivity contribution in [1.29, 1.82) is 5.26 Å². The molecule has 1 fully saturated rings. The van der Waals surface area contributed by atoms with E-state index in [-0.39, 0.29) is 72.8 Å². The van der Waals surface area contributed by atoms with E-state index in [0.717, 1.165) is 22.3 Å². The van der Waals surface area contributed by atoms with Crippen LogP contribution in [0.2, 0.25) is 10.0 Å². The molecular weight excluding hydrogens is 1120 g/mol. The molecular formula is C64H74Cl2FN11O7. The Morgan fingerprint density at radius 1 is 0.894 bits per heavy atom. The first-order valence-electron chi connectivity index (χ1n) is 28.6. The van der Waals surface area contributed by atoms with Crippen LogP contribution in [0, 0.1) is 17.1 Å². The number of amides is 4. The number of pyridine rings is 1. The number of rotatable bonds is 17. The molecule has 4 aromatic carbocycles. The number of halogens is 3. The Balaban J connectivity index is 0.780. The van der Waals surface area contributed by atoms with Crippen molar-refractivity contribution in [1.82, 2.24) is 39.3 Å². The average molecular weight is 1200 g/mol. The molecule has 0 radical (unpaired) electrons. The molecule has 6 aromatic rings. The van der Waals surface area contributed by atoms with Gasteiger partial charge in [-0.15, -0.1) is 0 Å². The van der Waals surface area contributed by atoms with Crippen molar-refractivity contribution in [2.45, 2.75) is 90.6 Å². The number of nitriles is 1. The molecule has 85 heavy (non-hydrogen) atoms. The summed E-state index contributed by atoms with van der Waals surface area (Å²) >= 11 is 13.0. The van der Waals surface area contributed by atoms with Crippen LogP contribution in [0.15, 0.2) is 102 Å². The van der Waals surface area contributed by atoms with E-state index in [2.05, 4.69) is 62.7 Å². The molecule has 2 N–H and O–H groups in total. The number of likely N-dealkylation sites (N-methyl/N-ethyl adjacent to an activating group) is 1. The van der Waals surface area contributed by atoms with Gasteiger partial charge < -0.3 is 39.4 Å². The SMILES string of the molecule is CCOc1cc(C(C)(C)C)ccc1C1=N[C@](C)(c2ccc(Cl)cc2)[C@](C)(c2ccc(Cl)cc2)N1C(=O)N1CCN(CCOCCOCCC(=O)N(C)CCn2nc3c(c2C#N)-c2cnc(N)c(c2)O[C@H](C)c2cc(F)ccc2C(=O)N(C)C3)CC1. The number of nitrogen functional groups attached to an aromatic ring is 1. The molecule has 1 saturated heterocycles. The minimum absolute atomic E-state index is 0.0121. The third-order valence-electron chi connectivity index (χ3n) is 16.4. The second-order valence-corrected chi connectivity index (χ2v) is 23.9. The van der Waals surface area contributed by atoms with Crippen LogP contribution in [-0.4, -0.2) is 149 Å². The van der Waals surface area contributed by atoms with Crippen molar-refractivity contribution in [2.75, 3.05) is 92.1 Å². The fourth-order valence-electron chi connectivity index (χ4n) is 11.3. The monoisotopic (exact) mass is 1200 g/mol. The normalized spacial score (nSPS) is 19.0. The van der Waals surface area contributed by atoms with Gasteiger partial charge >= 0.3 is 6.03 Å². The lowest BCUT2D eigenvalue weighted by Crippen LogP contribution is -2.60. The summed E-state index contributed by atoms with van der Waals surface area (Å²) in [5.41, 5.74) is 9.74. The first-order chi connectivity index (χ1) is 40.6. The predicted molar refractivity (Wildman–Crippen MR) is 325 cm³/mol. The fraction of sp³-hybridized carbons (Fsp3) is 0.422. The van der Waals surface area contributed by atoms with E-state index in [1.807, 2.05) is 71.3 Å². The van der Waals surface area contributed by atoms with Crippen molar-refractivity contribution in [3.63, 3.8) is 0 Å². The van der Waals surface area contributed by atoms with E-state index in [4.69, 9.17) is 58.0 Å². The summed E-state index contributed by atoms with van der Waals surface area (Å²) in [6.07, 6.45) is 0.864. The van der Waals surface area contributed by atoms with Gasteiger partial charge in [0.15, 0.2) is 11.6 Å². The van der Waals surface area contributed by atoms with E-state index in [1.165, 1.54) is 34.0 Å². The van der Waals surface area contributed by atoms with Gasteiger partial charge in [-0.25, -0.2) is 14.2 Å². The highest BCUT2D eigenvalue weighted by Crippen LogP contribution is 2.54. The number of carbonyl (C=O) groups excluding carboxylic acids is 3. The van der Waals surface area contributed by atoms with Gasteiger partial charge in [-0.1, -0.05) is 74.3 Å². The van der Waals surface area contributed by atoms with E-state index in [1.54, 1.807) is 32.0 Å². The van der Waals surface area contributed by atoms with Crippen LogP contribution in [0.25, 0.3) is 11.1 Å². The largest absolute Gasteiger partial charge is 0.493 e.